The van der Waals surface area contributed by atoms with Gasteiger partial charge in [-0.05, 0) is 79.0 Å². The monoisotopic (exact) mass is 428 g/mol. The van der Waals surface area contributed by atoms with E-state index in [9.17, 15) is 0 Å². The van der Waals surface area contributed by atoms with Crippen molar-refractivity contribution >= 4 is 8.32 Å². The SMILES string of the molecule is COC1=CCC2=C(C1)C[C@@H](C)[C@@H]1[C@@H]2CC[C@@]2(C)[C@@H]1C=C[C@H]2CO[Si](C)(C)C(C)(C)C. The highest BCUT2D eigenvalue weighted by molar-refractivity contribution is 6.74. The van der Waals surface area contributed by atoms with Gasteiger partial charge in [-0.1, -0.05) is 57.9 Å². The molecule has 4 rings (SSSR count). The standard InChI is InChI=1S/C27H44O2Si/c1-18-15-19-16-21(28-6)10-11-22(19)23-13-14-27(5)20(9-12-24(27)25(18)23)17-29-30(7,8)26(2,3)4/h9-10,12,18,20,23-25H,11,13-17H2,1-8H3/t18-,20+,23-,24-,25-,27-/m1/s1. The van der Waals surface area contributed by atoms with Gasteiger partial charge in [0.2, 0.25) is 0 Å². The first-order valence-electron chi connectivity index (χ1n) is 12.2. The van der Waals surface area contributed by atoms with E-state index in [1.165, 1.54) is 25.0 Å². The fourth-order valence-corrected chi connectivity index (χ4v) is 7.78. The summed E-state index contributed by atoms with van der Waals surface area (Å²) in [6, 6.07) is 0. The Morgan fingerprint density at radius 2 is 1.93 bits per heavy atom. The lowest BCUT2D eigenvalue weighted by Gasteiger charge is -2.54. The molecule has 30 heavy (non-hydrogen) atoms. The maximum atomic E-state index is 6.72. The van der Waals surface area contributed by atoms with Crippen LogP contribution in [-0.2, 0) is 9.16 Å². The van der Waals surface area contributed by atoms with E-state index < -0.39 is 8.32 Å². The lowest BCUT2D eigenvalue weighted by molar-refractivity contribution is -0.00785. The van der Waals surface area contributed by atoms with E-state index >= 15 is 0 Å². The van der Waals surface area contributed by atoms with E-state index in [0.29, 0.717) is 17.3 Å². The van der Waals surface area contributed by atoms with Gasteiger partial charge in [0, 0.05) is 18.9 Å². The Labute approximate surface area is 186 Å². The molecule has 6 atom stereocenters. The number of allylic oxidation sites excluding steroid dienone is 4. The van der Waals surface area contributed by atoms with Gasteiger partial charge in [0.15, 0.2) is 8.32 Å². The van der Waals surface area contributed by atoms with Gasteiger partial charge in [-0.25, -0.2) is 0 Å². The first-order valence-corrected chi connectivity index (χ1v) is 15.1. The normalized spacial score (nSPS) is 38.7. The number of hydrogen-bond acceptors (Lipinski definition) is 2. The lowest BCUT2D eigenvalue weighted by atomic mass is 9.51. The third-order valence-electron chi connectivity index (χ3n) is 9.79. The predicted molar refractivity (Wildman–Crippen MR) is 129 cm³/mol. The topological polar surface area (TPSA) is 18.5 Å². The molecule has 0 aromatic carbocycles. The Hall–Kier alpha value is -0.803. The van der Waals surface area contributed by atoms with Gasteiger partial charge >= 0.3 is 0 Å². The van der Waals surface area contributed by atoms with Crippen LogP contribution in [-0.4, -0.2) is 22.0 Å². The fraction of sp³-hybridized carbons (Fsp3) is 0.778. The molecule has 4 aliphatic carbocycles. The first-order chi connectivity index (χ1) is 14.0. The summed E-state index contributed by atoms with van der Waals surface area (Å²) in [5.41, 5.74) is 3.85. The fourth-order valence-electron chi connectivity index (χ4n) is 6.75. The highest BCUT2D eigenvalue weighted by atomic mass is 28.4. The van der Waals surface area contributed by atoms with Crippen molar-refractivity contribution in [2.45, 2.75) is 84.9 Å². The van der Waals surface area contributed by atoms with Crippen molar-refractivity contribution in [2.24, 2.45) is 35.0 Å². The zero-order valence-electron chi connectivity index (χ0n) is 20.7. The van der Waals surface area contributed by atoms with E-state index in [-0.39, 0.29) is 5.04 Å². The van der Waals surface area contributed by atoms with Crippen LogP contribution in [0.4, 0.5) is 0 Å². The van der Waals surface area contributed by atoms with Crippen molar-refractivity contribution in [1.29, 1.82) is 0 Å². The zero-order valence-corrected chi connectivity index (χ0v) is 21.7. The minimum atomic E-state index is -1.70. The van der Waals surface area contributed by atoms with Crippen molar-refractivity contribution in [3.05, 3.63) is 35.1 Å². The molecule has 3 heteroatoms. The zero-order chi connectivity index (χ0) is 21.9. The quantitative estimate of drug-likeness (QED) is 0.341. The highest BCUT2D eigenvalue weighted by Crippen LogP contribution is 2.62. The molecule has 168 valence electrons. The number of methoxy groups -OCH3 is 1. The minimum Gasteiger partial charge on any atom is -0.501 e. The van der Waals surface area contributed by atoms with Gasteiger partial charge in [0.05, 0.1) is 12.9 Å². The molecule has 4 aliphatic rings. The summed E-state index contributed by atoms with van der Waals surface area (Å²) in [6.07, 6.45) is 13.6. The Balaban J connectivity index is 1.51. The third-order valence-corrected chi connectivity index (χ3v) is 14.3. The summed E-state index contributed by atoms with van der Waals surface area (Å²) in [5, 5.41) is 0.281. The molecule has 1 saturated carbocycles. The van der Waals surface area contributed by atoms with Crippen LogP contribution >= 0.6 is 0 Å². The summed E-state index contributed by atoms with van der Waals surface area (Å²) < 4.78 is 12.3. The van der Waals surface area contributed by atoms with Gasteiger partial charge in [0.25, 0.3) is 0 Å². The molecule has 0 aromatic heterocycles. The van der Waals surface area contributed by atoms with Crippen LogP contribution in [0.1, 0.15) is 66.7 Å². The Morgan fingerprint density at radius 3 is 2.60 bits per heavy atom. The van der Waals surface area contributed by atoms with E-state index in [4.69, 9.17) is 9.16 Å². The Bertz CT molecular complexity index is 768. The number of hydrogen-bond donors (Lipinski definition) is 0. The molecule has 0 N–H and O–H groups in total. The number of fused-ring (bicyclic) bond motifs is 4. The van der Waals surface area contributed by atoms with Crippen LogP contribution in [0.3, 0.4) is 0 Å². The smallest absolute Gasteiger partial charge is 0.192 e. The van der Waals surface area contributed by atoms with Gasteiger partial charge in [-0.3, -0.25) is 0 Å². The van der Waals surface area contributed by atoms with Crippen molar-refractivity contribution in [2.75, 3.05) is 13.7 Å². The third kappa shape index (κ3) is 3.58. The summed E-state index contributed by atoms with van der Waals surface area (Å²) in [7, 11) is 0.124. The second kappa shape index (κ2) is 7.66. The molecule has 0 unspecified atom stereocenters. The second-order valence-electron chi connectivity index (χ2n) is 12.4. The van der Waals surface area contributed by atoms with Crippen molar-refractivity contribution in [3.63, 3.8) is 0 Å². The Morgan fingerprint density at radius 1 is 1.20 bits per heavy atom. The second-order valence-corrected chi connectivity index (χ2v) is 17.2. The molecular formula is C27H44O2Si. The van der Waals surface area contributed by atoms with Gasteiger partial charge in [-0.2, -0.15) is 0 Å². The van der Waals surface area contributed by atoms with Gasteiger partial charge in [0.1, 0.15) is 0 Å². The average Bonchev–Trinajstić information content (AvgIpc) is 3.01. The summed E-state index contributed by atoms with van der Waals surface area (Å²) in [4.78, 5) is 0. The number of rotatable bonds is 4. The van der Waals surface area contributed by atoms with E-state index in [2.05, 4.69) is 65.9 Å². The molecular weight excluding hydrogens is 384 g/mol. The predicted octanol–water partition coefficient (Wildman–Crippen LogP) is 7.50. The molecule has 0 aliphatic heterocycles. The number of ether oxygens (including phenoxy) is 1. The van der Waals surface area contributed by atoms with Crippen LogP contribution in [0, 0.1) is 35.0 Å². The minimum absolute atomic E-state index is 0.281. The van der Waals surface area contributed by atoms with Crippen LogP contribution in [0.15, 0.2) is 35.1 Å². The van der Waals surface area contributed by atoms with Crippen molar-refractivity contribution in [3.8, 4) is 0 Å². The van der Waals surface area contributed by atoms with Gasteiger partial charge in [-0.15, -0.1) is 0 Å². The maximum absolute atomic E-state index is 6.72. The molecule has 1 fully saturated rings. The van der Waals surface area contributed by atoms with Gasteiger partial charge < -0.3 is 9.16 Å². The summed E-state index contributed by atoms with van der Waals surface area (Å²) in [6.45, 7) is 17.8. The molecule has 0 heterocycles. The average molecular weight is 429 g/mol. The molecule has 0 amide bonds. The van der Waals surface area contributed by atoms with Crippen LogP contribution < -0.4 is 0 Å². The Kier molecular flexibility index (Phi) is 5.71. The molecule has 0 radical (unpaired) electrons. The molecule has 0 aromatic rings. The van der Waals surface area contributed by atoms with E-state index in [1.807, 2.05) is 7.11 Å². The van der Waals surface area contributed by atoms with Crippen LogP contribution in [0.2, 0.25) is 18.1 Å². The molecule has 0 spiro atoms. The molecule has 0 bridgehead atoms. The molecule has 0 saturated heterocycles. The van der Waals surface area contributed by atoms with E-state index in [0.717, 1.165) is 37.2 Å². The van der Waals surface area contributed by atoms with Crippen molar-refractivity contribution < 1.29 is 9.16 Å². The summed E-state index contributed by atoms with van der Waals surface area (Å²) >= 11 is 0. The van der Waals surface area contributed by atoms with Crippen LogP contribution in [0.5, 0.6) is 0 Å². The first kappa shape index (κ1) is 22.4. The lowest BCUT2D eigenvalue weighted by Crippen LogP contribution is -2.48. The van der Waals surface area contributed by atoms with Crippen molar-refractivity contribution in [1.82, 2.24) is 0 Å². The largest absolute Gasteiger partial charge is 0.501 e. The molecule has 2 nitrogen and oxygen atoms in total. The van der Waals surface area contributed by atoms with Crippen LogP contribution in [0.25, 0.3) is 0 Å². The summed E-state index contributed by atoms with van der Waals surface area (Å²) in [5.74, 6) is 4.81. The maximum Gasteiger partial charge on any atom is 0.192 e. The highest BCUT2D eigenvalue weighted by Gasteiger charge is 2.55. The van der Waals surface area contributed by atoms with E-state index in [1.54, 1.807) is 11.1 Å².